The van der Waals surface area contributed by atoms with Gasteiger partial charge in [-0.25, -0.2) is 0 Å². The average molecular weight is 244 g/mol. The van der Waals surface area contributed by atoms with Crippen LogP contribution in [0.3, 0.4) is 0 Å². The van der Waals surface area contributed by atoms with Crippen molar-refractivity contribution < 1.29 is 4.79 Å². The minimum atomic E-state index is -0.194. The molecule has 17 heavy (non-hydrogen) atoms. The van der Waals surface area contributed by atoms with Crippen LogP contribution in [0, 0.1) is 5.41 Å². The molecule has 0 atom stereocenters. The Labute approximate surface area is 104 Å². The van der Waals surface area contributed by atoms with E-state index in [2.05, 4.69) is 5.32 Å². The second-order valence-corrected chi connectivity index (χ2v) is 4.75. The number of allylic oxidation sites excluding steroid dienone is 2. The molecule has 1 saturated heterocycles. The molecule has 1 fully saturated rings. The van der Waals surface area contributed by atoms with Crippen molar-refractivity contribution in [3.8, 4) is 0 Å². The van der Waals surface area contributed by atoms with Gasteiger partial charge in [-0.05, 0) is 35.9 Å². The van der Waals surface area contributed by atoms with Gasteiger partial charge in [0.2, 0.25) is 0 Å². The molecule has 1 aliphatic heterocycles. The van der Waals surface area contributed by atoms with E-state index in [1.807, 2.05) is 43.3 Å². The second kappa shape index (κ2) is 5.01. The molecule has 0 aliphatic carbocycles. The number of amides is 1. The predicted octanol–water partition coefficient (Wildman–Crippen LogP) is 2.77. The highest BCUT2D eigenvalue weighted by Crippen LogP contribution is 2.24. The molecule has 0 saturated carbocycles. The van der Waals surface area contributed by atoms with Crippen LogP contribution in [-0.4, -0.2) is 11.1 Å². The molecular weight excluding hydrogens is 232 g/mol. The van der Waals surface area contributed by atoms with Crippen LogP contribution in [0.1, 0.15) is 12.5 Å². The van der Waals surface area contributed by atoms with Crippen molar-refractivity contribution in [3.63, 3.8) is 0 Å². The third-order valence-electron chi connectivity index (χ3n) is 2.22. The van der Waals surface area contributed by atoms with E-state index in [9.17, 15) is 4.79 Å². The molecular formula is C13H12N2OS. The Balaban J connectivity index is 2.19. The minimum absolute atomic E-state index is 0.189. The summed E-state index contributed by atoms with van der Waals surface area (Å²) in [6.07, 6.45) is 3.80. The Morgan fingerprint density at radius 2 is 2.06 bits per heavy atom. The molecule has 4 heteroatoms. The summed E-state index contributed by atoms with van der Waals surface area (Å²) in [4.78, 5) is 12.0. The van der Waals surface area contributed by atoms with E-state index < -0.39 is 0 Å². The highest BCUT2D eigenvalue weighted by molar-refractivity contribution is 8.18. The zero-order valence-corrected chi connectivity index (χ0v) is 10.2. The summed E-state index contributed by atoms with van der Waals surface area (Å²) in [6.45, 7) is 1.94. The SMILES string of the molecule is CC(=C\c1ccccc1)/C=C1/SC(=N)NC1=O. The Hall–Kier alpha value is -1.81. The molecule has 2 rings (SSSR count). The lowest BCUT2D eigenvalue weighted by Gasteiger charge is -1.96. The van der Waals surface area contributed by atoms with Gasteiger partial charge in [-0.2, -0.15) is 0 Å². The van der Waals surface area contributed by atoms with Gasteiger partial charge in [-0.3, -0.25) is 10.2 Å². The van der Waals surface area contributed by atoms with Crippen LogP contribution in [0.25, 0.3) is 6.08 Å². The van der Waals surface area contributed by atoms with Gasteiger partial charge >= 0.3 is 0 Å². The largest absolute Gasteiger partial charge is 0.301 e. The smallest absolute Gasteiger partial charge is 0.264 e. The molecule has 86 valence electrons. The maximum atomic E-state index is 11.4. The van der Waals surface area contributed by atoms with Crippen molar-refractivity contribution in [3.05, 3.63) is 52.4 Å². The van der Waals surface area contributed by atoms with Crippen LogP contribution in [0.15, 0.2) is 46.9 Å². The molecule has 1 heterocycles. The summed E-state index contributed by atoms with van der Waals surface area (Å²) in [5, 5.41) is 9.98. The lowest BCUT2D eigenvalue weighted by atomic mass is 10.1. The zero-order chi connectivity index (χ0) is 12.3. The van der Waals surface area contributed by atoms with Gasteiger partial charge in [-0.1, -0.05) is 36.4 Å². The Kier molecular flexibility index (Phi) is 3.44. The standard InChI is InChI=1S/C13H12N2OS/c1-9(7-10-5-3-2-4-6-10)8-11-12(16)15-13(14)17-11/h2-8H,1H3,(H2,14,15,16)/b9-7+,11-8+. The number of hydrogen-bond acceptors (Lipinski definition) is 3. The van der Waals surface area contributed by atoms with E-state index in [1.54, 1.807) is 6.08 Å². The van der Waals surface area contributed by atoms with Crippen LogP contribution in [0.4, 0.5) is 0 Å². The van der Waals surface area contributed by atoms with E-state index in [1.165, 1.54) is 0 Å². The number of rotatable bonds is 2. The highest BCUT2D eigenvalue weighted by atomic mass is 32.2. The van der Waals surface area contributed by atoms with E-state index in [-0.39, 0.29) is 11.1 Å². The molecule has 1 amide bonds. The monoisotopic (exact) mass is 244 g/mol. The van der Waals surface area contributed by atoms with Crippen LogP contribution < -0.4 is 5.32 Å². The van der Waals surface area contributed by atoms with Crippen molar-refractivity contribution in [1.82, 2.24) is 5.32 Å². The van der Waals surface area contributed by atoms with Gasteiger partial charge in [0.1, 0.15) is 0 Å². The first-order valence-corrected chi connectivity index (χ1v) is 5.99. The number of carbonyl (C=O) groups is 1. The lowest BCUT2D eigenvalue weighted by Crippen LogP contribution is -2.18. The third-order valence-corrected chi connectivity index (χ3v) is 3.04. The van der Waals surface area contributed by atoms with Crippen LogP contribution >= 0.6 is 11.8 Å². The molecule has 0 unspecified atom stereocenters. The van der Waals surface area contributed by atoms with Gasteiger partial charge in [0.15, 0.2) is 5.17 Å². The van der Waals surface area contributed by atoms with E-state index in [4.69, 9.17) is 5.41 Å². The quantitative estimate of drug-likeness (QED) is 0.786. The summed E-state index contributed by atoms with van der Waals surface area (Å²) < 4.78 is 0. The predicted molar refractivity (Wildman–Crippen MR) is 71.6 cm³/mol. The second-order valence-electron chi connectivity index (χ2n) is 3.69. The van der Waals surface area contributed by atoms with Gasteiger partial charge in [0.05, 0.1) is 4.91 Å². The van der Waals surface area contributed by atoms with E-state index in [0.717, 1.165) is 22.9 Å². The molecule has 0 aromatic heterocycles. The zero-order valence-electron chi connectivity index (χ0n) is 9.36. The molecule has 1 aliphatic rings. The van der Waals surface area contributed by atoms with E-state index in [0.29, 0.717) is 4.91 Å². The number of nitrogens with one attached hydrogen (secondary N) is 2. The molecule has 1 aromatic carbocycles. The van der Waals surface area contributed by atoms with Crippen molar-refractivity contribution in [2.45, 2.75) is 6.92 Å². The number of amidine groups is 1. The van der Waals surface area contributed by atoms with Crippen molar-refractivity contribution in [1.29, 1.82) is 5.41 Å². The van der Waals surface area contributed by atoms with Gasteiger partial charge < -0.3 is 5.32 Å². The van der Waals surface area contributed by atoms with Gasteiger partial charge in [-0.15, -0.1) is 0 Å². The van der Waals surface area contributed by atoms with Crippen LogP contribution in [0.5, 0.6) is 0 Å². The van der Waals surface area contributed by atoms with Crippen LogP contribution in [-0.2, 0) is 4.79 Å². The average Bonchev–Trinajstić information content (AvgIpc) is 2.58. The Bertz CT molecular complexity index is 517. The fraction of sp³-hybridized carbons (Fsp3) is 0.0769. The molecule has 1 aromatic rings. The fourth-order valence-electron chi connectivity index (χ4n) is 1.50. The molecule has 0 radical (unpaired) electrons. The van der Waals surface area contributed by atoms with Gasteiger partial charge in [0.25, 0.3) is 5.91 Å². The number of thioether (sulfide) groups is 1. The fourth-order valence-corrected chi connectivity index (χ4v) is 2.25. The van der Waals surface area contributed by atoms with Gasteiger partial charge in [0, 0.05) is 0 Å². The summed E-state index contributed by atoms with van der Waals surface area (Å²) in [7, 11) is 0. The maximum absolute atomic E-state index is 11.4. The molecule has 0 bridgehead atoms. The van der Waals surface area contributed by atoms with Crippen molar-refractivity contribution in [2.24, 2.45) is 0 Å². The summed E-state index contributed by atoms with van der Waals surface area (Å²) in [5.41, 5.74) is 2.09. The minimum Gasteiger partial charge on any atom is -0.301 e. The number of hydrogen-bond donors (Lipinski definition) is 2. The highest BCUT2D eigenvalue weighted by Gasteiger charge is 2.21. The number of benzene rings is 1. The number of carbonyl (C=O) groups excluding carboxylic acids is 1. The molecule has 2 N–H and O–H groups in total. The first-order valence-electron chi connectivity index (χ1n) is 5.18. The summed E-state index contributed by atoms with van der Waals surface area (Å²) >= 11 is 1.16. The Morgan fingerprint density at radius 3 is 2.65 bits per heavy atom. The third kappa shape index (κ3) is 3.07. The van der Waals surface area contributed by atoms with Crippen LogP contribution in [0.2, 0.25) is 0 Å². The lowest BCUT2D eigenvalue weighted by molar-refractivity contribution is -0.115. The molecule has 3 nitrogen and oxygen atoms in total. The maximum Gasteiger partial charge on any atom is 0.264 e. The first kappa shape index (κ1) is 11.7. The Morgan fingerprint density at radius 1 is 1.35 bits per heavy atom. The summed E-state index contributed by atoms with van der Waals surface area (Å²) in [6, 6.07) is 9.92. The van der Waals surface area contributed by atoms with Crippen molar-refractivity contribution in [2.75, 3.05) is 0 Å². The van der Waals surface area contributed by atoms with E-state index >= 15 is 0 Å². The topological polar surface area (TPSA) is 53.0 Å². The van der Waals surface area contributed by atoms with Crippen molar-refractivity contribution >= 4 is 28.9 Å². The first-order chi connectivity index (χ1) is 8.15. The summed E-state index contributed by atoms with van der Waals surface area (Å²) in [5.74, 6) is -0.194. The normalized spacial score (nSPS) is 18.6. The molecule has 0 spiro atoms.